The molecule has 30 heavy (non-hydrogen) atoms. The average Bonchev–Trinajstić information content (AvgIpc) is 2.68. The summed E-state index contributed by atoms with van der Waals surface area (Å²) in [5.74, 6) is 1.20. The molecule has 0 spiro atoms. The summed E-state index contributed by atoms with van der Waals surface area (Å²) in [5, 5.41) is 3.32. The SMILES string of the molecule is CC(C)c1cc(-c2cccc(N3CCNCC3)n2)ccc1OC(C)C(F)(F)F.Cl.Cl. The quantitative estimate of drug-likeness (QED) is 0.636. The zero-order chi connectivity index (χ0) is 20.3. The topological polar surface area (TPSA) is 37.4 Å². The lowest BCUT2D eigenvalue weighted by Gasteiger charge is -2.28. The Labute approximate surface area is 188 Å². The van der Waals surface area contributed by atoms with Gasteiger partial charge >= 0.3 is 6.18 Å². The van der Waals surface area contributed by atoms with Crippen LogP contribution in [0, 0.1) is 0 Å². The lowest BCUT2D eigenvalue weighted by Crippen LogP contribution is -2.43. The standard InChI is InChI=1S/C21H26F3N3O.2ClH/c1-14(2)17-13-16(7-8-19(17)28-15(3)21(22,23)24)18-5-4-6-20(26-18)27-11-9-25-10-12-27;;/h4-8,13-15,25H,9-12H2,1-3H3;2*1H. The van der Waals surface area contributed by atoms with E-state index in [4.69, 9.17) is 9.72 Å². The molecular weight excluding hydrogens is 438 g/mol. The molecule has 2 heterocycles. The van der Waals surface area contributed by atoms with Crippen molar-refractivity contribution >= 4 is 30.6 Å². The number of halogens is 5. The van der Waals surface area contributed by atoms with E-state index >= 15 is 0 Å². The van der Waals surface area contributed by atoms with E-state index in [1.54, 1.807) is 12.1 Å². The van der Waals surface area contributed by atoms with Gasteiger partial charge in [-0.2, -0.15) is 13.2 Å². The Hall–Kier alpha value is -1.70. The molecule has 2 aromatic rings. The number of aromatic nitrogens is 1. The van der Waals surface area contributed by atoms with Crippen LogP contribution in [0.3, 0.4) is 0 Å². The van der Waals surface area contributed by atoms with Gasteiger partial charge in [-0.15, -0.1) is 24.8 Å². The largest absolute Gasteiger partial charge is 0.481 e. The minimum atomic E-state index is -4.40. The monoisotopic (exact) mass is 465 g/mol. The van der Waals surface area contributed by atoms with Crippen LogP contribution in [0.25, 0.3) is 11.3 Å². The van der Waals surface area contributed by atoms with Gasteiger partial charge in [-0.25, -0.2) is 4.98 Å². The number of piperazine rings is 1. The minimum Gasteiger partial charge on any atom is -0.481 e. The van der Waals surface area contributed by atoms with Crippen molar-refractivity contribution in [1.29, 1.82) is 0 Å². The third kappa shape index (κ3) is 6.40. The molecular formula is C21H28Cl2F3N3O. The van der Waals surface area contributed by atoms with Crippen LogP contribution in [-0.2, 0) is 0 Å². The van der Waals surface area contributed by atoms with Crippen molar-refractivity contribution in [2.45, 2.75) is 39.0 Å². The third-order valence-corrected chi connectivity index (χ3v) is 4.87. The first kappa shape index (κ1) is 26.3. The van der Waals surface area contributed by atoms with Gasteiger partial charge in [0, 0.05) is 31.7 Å². The summed E-state index contributed by atoms with van der Waals surface area (Å²) in [5.41, 5.74) is 2.41. The van der Waals surface area contributed by atoms with Gasteiger partial charge in [-0.05, 0) is 48.7 Å². The molecule has 3 rings (SSSR count). The van der Waals surface area contributed by atoms with E-state index in [-0.39, 0.29) is 36.5 Å². The Kier molecular flexibility index (Phi) is 9.72. The summed E-state index contributed by atoms with van der Waals surface area (Å²) in [6.07, 6.45) is -6.25. The van der Waals surface area contributed by atoms with Gasteiger partial charge in [0.2, 0.25) is 0 Å². The molecule has 1 aliphatic rings. The number of benzene rings is 1. The maximum absolute atomic E-state index is 12.9. The highest BCUT2D eigenvalue weighted by Crippen LogP contribution is 2.34. The highest BCUT2D eigenvalue weighted by molar-refractivity contribution is 5.85. The van der Waals surface area contributed by atoms with Gasteiger partial charge in [0.1, 0.15) is 11.6 Å². The average molecular weight is 466 g/mol. The molecule has 1 aromatic heterocycles. The van der Waals surface area contributed by atoms with Crippen molar-refractivity contribution in [1.82, 2.24) is 10.3 Å². The van der Waals surface area contributed by atoms with Crippen LogP contribution < -0.4 is 15.0 Å². The van der Waals surface area contributed by atoms with Crippen molar-refractivity contribution < 1.29 is 17.9 Å². The van der Waals surface area contributed by atoms with Gasteiger partial charge in [-0.1, -0.05) is 19.9 Å². The first-order chi connectivity index (χ1) is 13.3. The molecule has 0 radical (unpaired) electrons. The summed E-state index contributed by atoms with van der Waals surface area (Å²) < 4.78 is 43.9. The predicted octanol–water partition coefficient (Wildman–Crippen LogP) is 5.45. The van der Waals surface area contributed by atoms with Crippen molar-refractivity contribution in [3.8, 4) is 17.0 Å². The normalized spacial score (nSPS) is 15.2. The van der Waals surface area contributed by atoms with E-state index in [0.29, 0.717) is 0 Å². The number of anilines is 1. The van der Waals surface area contributed by atoms with Crippen molar-refractivity contribution in [2.75, 3.05) is 31.1 Å². The molecule has 1 atom stereocenters. The second-order valence-electron chi connectivity index (χ2n) is 7.33. The Morgan fingerprint density at radius 2 is 1.70 bits per heavy atom. The van der Waals surface area contributed by atoms with Crippen LogP contribution in [0.5, 0.6) is 5.75 Å². The number of hydrogen-bond donors (Lipinski definition) is 1. The van der Waals surface area contributed by atoms with Crippen molar-refractivity contribution in [3.63, 3.8) is 0 Å². The van der Waals surface area contributed by atoms with Gasteiger partial charge in [0.05, 0.1) is 5.69 Å². The first-order valence-electron chi connectivity index (χ1n) is 9.56. The molecule has 0 amide bonds. The zero-order valence-corrected chi connectivity index (χ0v) is 18.8. The van der Waals surface area contributed by atoms with E-state index in [9.17, 15) is 13.2 Å². The Balaban J connectivity index is 0.00000225. The second kappa shape index (κ2) is 11.1. The number of rotatable bonds is 5. The Morgan fingerprint density at radius 1 is 1.03 bits per heavy atom. The number of alkyl halides is 3. The summed E-state index contributed by atoms with van der Waals surface area (Å²) in [6.45, 7) is 8.55. The van der Waals surface area contributed by atoms with Crippen molar-refractivity contribution in [2.24, 2.45) is 0 Å². The molecule has 1 fully saturated rings. The van der Waals surface area contributed by atoms with E-state index in [0.717, 1.165) is 55.7 Å². The minimum absolute atomic E-state index is 0. The molecule has 9 heteroatoms. The molecule has 4 nitrogen and oxygen atoms in total. The summed E-state index contributed by atoms with van der Waals surface area (Å²) in [4.78, 5) is 7.00. The van der Waals surface area contributed by atoms with Crippen LogP contribution in [0.15, 0.2) is 36.4 Å². The van der Waals surface area contributed by atoms with Gasteiger partial charge in [0.15, 0.2) is 6.10 Å². The fourth-order valence-electron chi connectivity index (χ4n) is 3.18. The fraction of sp³-hybridized carbons (Fsp3) is 0.476. The Bertz CT molecular complexity index is 812. The van der Waals surface area contributed by atoms with Crippen LogP contribution in [0.2, 0.25) is 0 Å². The molecule has 1 aliphatic heterocycles. The maximum Gasteiger partial charge on any atom is 0.425 e. The fourth-order valence-corrected chi connectivity index (χ4v) is 3.18. The van der Waals surface area contributed by atoms with Gasteiger partial charge < -0.3 is 15.0 Å². The molecule has 0 bridgehead atoms. The van der Waals surface area contributed by atoms with E-state index < -0.39 is 12.3 Å². The predicted molar refractivity (Wildman–Crippen MR) is 119 cm³/mol. The zero-order valence-electron chi connectivity index (χ0n) is 17.2. The summed E-state index contributed by atoms with van der Waals surface area (Å²) >= 11 is 0. The summed E-state index contributed by atoms with van der Waals surface area (Å²) in [7, 11) is 0. The van der Waals surface area contributed by atoms with Crippen LogP contribution in [0.1, 0.15) is 32.3 Å². The molecule has 1 aromatic carbocycles. The Morgan fingerprint density at radius 3 is 2.30 bits per heavy atom. The molecule has 0 saturated carbocycles. The molecule has 1 unspecified atom stereocenters. The van der Waals surface area contributed by atoms with Crippen LogP contribution in [-0.4, -0.2) is 43.4 Å². The lowest BCUT2D eigenvalue weighted by molar-refractivity contribution is -0.189. The number of hydrogen-bond acceptors (Lipinski definition) is 4. The van der Waals surface area contributed by atoms with Crippen LogP contribution >= 0.6 is 24.8 Å². The number of nitrogens with one attached hydrogen (secondary N) is 1. The second-order valence-corrected chi connectivity index (χ2v) is 7.33. The molecule has 1 N–H and O–H groups in total. The summed E-state index contributed by atoms with van der Waals surface area (Å²) in [6, 6.07) is 11.1. The number of pyridine rings is 1. The highest BCUT2D eigenvalue weighted by atomic mass is 35.5. The molecule has 0 aliphatic carbocycles. The van der Waals surface area contributed by atoms with E-state index in [1.807, 2.05) is 38.1 Å². The maximum atomic E-state index is 12.9. The molecule has 1 saturated heterocycles. The van der Waals surface area contributed by atoms with Crippen LogP contribution in [0.4, 0.5) is 19.0 Å². The molecule has 168 valence electrons. The first-order valence-corrected chi connectivity index (χ1v) is 9.56. The van der Waals surface area contributed by atoms with Gasteiger partial charge in [0.25, 0.3) is 0 Å². The highest BCUT2D eigenvalue weighted by Gasteiger charge is 2.38. The lowest BCUT2D eigenvalue weighted by atomic mass is 9.98. The smallest absolute Gasteiger partial charge is 0.425 e. The van der Waals surface area contributed by atoms with E-state index in [2.05, 4.69) is 10.2 Å². The van der Waals surface area contributed by atoms with Gasteiger partial charge in [-0.3, -0.25) is 0 Å². The van der Waals surface area contributed by atoms with Crippen molar-refractivity contribution in [3.05, 3.63) is 42.0 Å². The number of nitrogens with zero attached hydrogens (tertiary/aromatic N) is 2. The van der Waals surface area contributed by atoms with E-state index in [1.165, 1.54) is 0 Å². The number of ether oxygens (including phenoxy) is 1. The third-order valence-electron chi connectivity index (χ3n) is 4.87.